The van der Waals surface area contributed by atoms with Crippen molar-refractivity contribution in [2.75, 3.05) is 13.1 Å². The van der Waals surface area contributed by atoms with Crippen LogP contribution < -0.4 is 5.32 Å². The Morgan fingerprint density at radius 3 is 2.38 bits per heavy atom. The van der Waals surface area contributed by atoms with Crippen molar-refractivity contribution in [1.82, 2.24) is 10.2 Å². The normalized spacial score (nSPS) is 16.0. The van der Waals surface area contributed by atoms with Crippen LogP contribution in [-0.4, -0.2) is 35.8 Å². The standard InChI is InChI=1S/C17H24N2O2/c1-13(2)12-16(20)18-15-8-10-19(11-9-15)17(21)14-6-4-3-5-7-14/h3-7,13,15H,8-12H2,1-2H3,(H,18,20). The van der Waals surface area contributed by atoms with Crippen molar-refractivity contribution in [1.29, 1.82) is 0 Å². The molecule has 114 valence electrons. The van der Waals surface area contributed by atoms with Gasteiger partial charge in [0.05, 0.1) is 0 Å². The Balaban J connectivity index is 1.81. The van der Waals surface area contributed by atoms with E-state index in [0.717, 1.165) is 18.4 Å². The second kappa shape index (κ2) is 7.25. The first-order chi connectivity index (χ1) is 10.1. The highest BCUT2D eigenvalue weighted by Crippen LogP contribution is 2.14. The van der Waals surface area contributed by atoms with E-state index in [2.05, 4.69) is 5.32 Å². The van der Waals surface area contributed by atoms with Gasteiger partial charge in [-0.15, -0.1) is 0 Å². The first-order valence-electron chi connectivity index (χ1n) is 7.70. The summed E-state index contributed by atoms with van der Waals surface area (Å²) in [5, 5.41) is 3.07. The van der Waals surface area contributed by atoms with Gasteiger partial charge in [0.15, 0.2) is 0 Å². The van der Waals surface area contributed by atoms with Crippen LogP contribution in [0.4, 0.5) is 0 Å². The number of carbonyl (C=O) groups excluding carboxylic acids is 2. The van der Waals surface area contributed by atoms with Gasteiger partial charge in [-0.2, -0.15) is 0 Å². The van der Waals surface area contributed by atoms with Crippen LogP contribution in [0.15, 0.2) is 30.3 Å². The quantitative estimate of drug-likeness (QED) is 0.925. The highest BCUT2D eigenvalue weighted by Gasteiger charge is 2.24. The summed E-state index contributed by atoms with van der Waals surface area (Å²) in [5.74, 6) is 0.588. The van der Waals surface area contributed by atoms with Gasteiger partial charge in [0.1, 0.15) is 0 Å². The van der Waals surface area contributed by atoms with Crippen molar-refractivity contribution in [3.05, 3.63) is 35.9 Å². The molecular weight excluding hydrogens is 264 g/mol. The van der Waals surface area contributed by atoms with E-state index < -0.39 is 0 Å². The minimum atomic E-state index is 0.0857. The summed E-state index contributed by atoms with van der Waals surface area (Å²) in [4.78, 5) is 26.0. The zero-order chi connectivity index (χ0) is 15.2. The van der Waals surface area contributed by atoms with Crippen LogP contribution in [0, 0.1) is 5.92 Å². The fourth-order valence-corrected chi connectivity index (χ4v) is 2.65. The van der Waals surface area contributed by atoms with Crippen LogP contribution in [0.3, 0.4) is 0 Å². The number of carbonyl (C=O) groups is 2. The number of hydrogen-bond donors (Lipinski definition) is 1. The molecule has 0 bridgehead atoms. The number of amides is 2. The van der Waals surface area contributed by atoms with Gasteiger partial charge in [-0.25, -0.2) is 0 Å². The topological polar surface area (TPSA) is 49.4 Å². The summed E-state index contributed by atoms with van der Waals surface area (Å²) in [6.07, 6.45) is 2.24. The third-order valence-electron chi connectivity index (χ3n) is 3.76. The monoisotopic (exact) mass is 288 g/mol. The molecule has 2 rings (SSSR count). The molecule has 0 aliphatic carbocycles. The highest BCUT2D eigenvalue weighted by atomic mass is 16.2. The number of nitrogens with zero attached hydrogens (tertiary/aromatic N) is 1. The summed E-state index contributed by atoms with van der Waals surface area (Å²) >= 11 is 0. The smallest absolute Gasteiger partial charge is 0.253 e. The summed E-state index contributed by atoms with van der Waals surface area (Å²) in [7, 11) is 0. The lowest BCUT2D eigenvalue weighted by molar-refractivity contribution is -0.122. The Bertz CT molecular complexity index is 477. The predicted molar refractivity (Wildman–Crippen MR) is 83.0 cm³/mol. The number of nitrogens with one attached hydrogen (secondary N) is 1. The second-order valence-electron chi connectivity index (χ2n) is 6.10. The van der Waals surface area contributed by atoms with Crippen molar-refractivity contribution in [2.45, 2.75) is 39.2 Å². The van der Waals surface area contributed by atoms with Crippen LogP contribution >= 0.6 is 0 Å². The van der Waals surface area contributed by atoms with E-state index in [4.69, 9.17) is 0 Å². The van der Waals surface area contributed by atoms with E-state index >= 15 is 0 Å². The number of hydrogen-bond acceptors (Lipinski definition) is 2. The lowest BCUT2D eigenvalue weighted by Crippen LogP contribution is -2.46. The minimum Gasteiger partial charge on any atom is -0.353 e. The summed E-state index contributed by atoms with van der Waals surface area (Å²) in [6, 6.07) is 9.57. The van der Waals surface area contributed by atoms with Crippen LogP contribution in [0.25, 0.3) is 0 Å². The van der Waals surface area contributed by atoms with Crippen molar-refractivity contribution in [3.63, 3.8) is 0 Å². The van der Waals surface area contributed by atoms with E-state index in [-0.39, 0.29) is 17.9 Å². The van der Waals surface area contributed by atoms with Crippen LogP contribution in [0.1, 0.15) is 43.5 Å². The SMILES string of the molecule is CC(C)CC(=O)NC1CCN(C(=O)c2ccccc2)CC1. The molecule has 0 spiro atoms. The van der Waals surface area contributed by atoms with E-state index in [1.54, 1.807) is 0 Å². The molecule has 0 radical (unpaired) electrons. The van der Waals surface area contributed by atoms with Crippen molar-refractivity contribution >= 4 is 11.8 Å². The zero-order valence-electron chi connectivity index (χ0n) is 12.8. The first-order valence-corrected chi connectivity index (χ1v) is 7.70. The molecule has 2 amide bonds. The Morgan fingerprint density at radius 2 is 1.81 bits per heavy atom. The van der Waals surface area contributed by atoms with Gasteiger partial charge in [-0.1, -0.05) is 32.0 Å². The van der Waals surface area contributed by atoms with Crippen LogP contribution in [0.5, 0.6) is 0 Å². The van der Waals surface area contributed by atoms with Gasteiger partial charge in [0, 0.05) is 31.1 Å². The zero-order valence-corrected chi connectivity index (χ0v) is 12.8. The number of piperidine rings is 1. The van der Waals surface area contributed by atoms with Gasteiger partial charge in [0.2, 0.25) is 5.91 Å². The molecule has 1 saturated heterocycles. The first kappa shape index (κ1) is 15.5. The maximum absolute atomic E-state index is 12.3. The third-order valence-corrected chi connectivity index (χ3v) is 3.76. The Hall–Kier alpha value is -1.84. The predicted octanol–water partition coefficient (Wildman–Crippen LogP) is 2.45. The minimum absolute atomic E-state index is 0.0857. The lowest BCUT2D eigenvalue weighted by Gasteiger charge is -2.32. The third kappa shape index (κ3) is 4.59. The fourth-order valence-electron chi connectivity index (χ4n) is 2.65. The fraction of sp³-hybridized carbons (Fsp3) is 0.529. The Labute approximate surface area is 126 Å². The van der Waals surface area contributed by atoms with E-state index in [1.807, 2.05) is 49.1 Å². The molecule has 1 aromatic rings. The number of rotatable bonds is 4. The molecule has 1 heterocycles. The van der Waals surface area contributed by atoms with Gasteiger partial charge in [-0.05, 0) is 30.9 Å². The maximum Gasteiger partial charge on any atom is 0.253 e. The molecule has 0 aromatic heterocycles. The van der Waals surface area contributed by atoms with E-state index in [9.17, 15) is 9.59 Å². The second-order valence-corrected chi connectivity index (χ2v) is 6.10. The molecule has 0 unspecified atom stereocenters. The van der Waals surface area contributed by atoms with Gasteiger partial charge < -0.3 is 10.2 Å². The Morgan fingerprint density at radius 1 is 1.19 bits per heavy atom. The van der Waals surface area contributed by atoms with E-state index in [0.29, 0.717) is 25.4 Å². The molecule has 4 nitrogen and oxygen atoms in total. The molecule has 4 heteroatoms. The van der Waals surface area contributed by atoms with Crippen molar-refractivity contribution in [3.8, 4) is 0 Å². The maximum atomic E-state index is 12.3. The summed E-state index contributed by atoms with van der Waals surface area (Å²) in [5.41, 5.74) is 0.736. The molecule has 1 aromatic carbocycles. The highest BCUT2D eigenvalue weighted by molar-refractivity contribution is 5.94. The molecule has 0 saturated carbocycles. The summed E-state index contributed by atoms with van der Waals surface area (Å²) < 4.78 is 0. The molecule has 1 aliphatic heterocycles. The average molecular weight is 288 g/mol. The summed E-state index contributed by atoms with van der Waals surface area (Å²) in [6.45, 7) is 5.50. The molecule has 1 N–H and O–H groups in total. The lowest BCUT2D eigenvalue weighted by atomic mass is 10.0. The largest absolute Gasteiger partial charge is 0.353 e. The van der Waals surface area contributed by atoms with Gasteiger partial charge in [-0.3, -0.25) is 9.59 Å². The van der Waals surface area contributed by atoms with Crippen molar-refractivity contribution in [2.24, 2.45) is 5.92 Å². The molecule has 1 fully saturated rings. The molecule has 21 heavy (non-hydrogen) atoms. The molecule has 1 aliphatic rings. The number of benzene rings is 1. The van der Waals surface area contributed by atoms with Gasteiger partial charge in [0.25, 0.3) is 5.91 Å². The molecular formula is C17H24N2O2. The van der Waals surface area contributed by atoms with Crippen LogP contribution in [-0.2, 0) is 4.79 Å². The Kier molecular flexibility index (Phi) is 5.37. The molecule has 0 atom stereocenters. The van der Waals surface area contributed by atoms with Crippen LogP contribution in [0.2, 0.25) is 0 Å². The number of likely N-dealkylation sites (tertiary alicyclic amines) is 1. The van der Waals surface area contributed by atoms with E-state index in [1.165, 1.54) is 0 Å². The van der Waals surface area contributed by atoms with Gasteiger partial charge >= 0.3 is 0 Å². The average Bonchev–Trinajstić information content (AvgIpc) is 2.47. The van der Waals surface area contributed by atoms with Crippen molar-refractivity contribution < 1.29 is 9.59 Å².